The van der Waals surface area contributed by atoms with Gasteiger partial charge in [-0.15, -0.1) is 0 Å². The second-order valence-corrected chi connectivity index (χ2v) is 5.57. The SMILES string of the molecule is N[C@@H](CN1CCCCC1)c1ccc2ccccc2c1. The Labute approximate surface area is 115 Å². The fraction of sp³-hybridized carbons (Fsp3) is 0.412. The predicted molar refractivity (Wildman–Crippen MR) is 81.2 cm³/mol. The lowest BCUT2D eigenvalue weighted by Crippen LogP contribution is -2.36. The van der Waals surface area contributed by atoms with Gasteiger partial charge in [0.05, 0.1) is 0 Å². The highest BCUT2D eigenvalue weighted by atomic mass is 15.1. The maximum atomic E-state index is 6.38. The Morgan fingerprint density at radius 1 is 0.947 bits per heavy atom. The molecule has 2 aromatic rings. The van der Waals surface area contributed by atoms with Crippen LogP contribution in [0.2, 0.25) is 0 Å². The normalized spacial score (nSPS) is 18.6. The molecule has 2 heteroatoms. The number of nitrogens with zero attached hydrogens (tertiary/aromatic N) is 1. The van der Waals surface area contributed by atoms with Gasteiger partial charge in [0.25, 0.3) is 0 Å². The molecular formula is C17H22N2. The molecule has 1 saturated heterocycles. The zero-order valence-electron chi connectivity index (χ0n) is 11.4. The van der Waals surface area contributed by atoms with Gasteiger partial charge in [-0.2, -0.15) is 0 Å². The van der Waals surface area contributed by atoms with Gasteiger partial charge in [-0.25, -0.2) is 0 Å². The average Bonchev–Trinajstić information content (AvgIpc) is 2.48. The van der Waals surface area contributed by atoms with E-state index in [9.17, 15) is 0 Å². The molecule has 0 saturated carbocycles. The summed E-state index contributed by atoms with van der Waals surface area (Å²) in [4.78, 5) is 2.50. The average molecular weight is 254 g/mol. The molecule has 0 amide bonds. The van der Waals surface area contributed by atoms with Crippen LogP contribution in [0, 0.1) is 0 Å². The fourth-order valence-electron chi connectivity index (χ4n) is 2.96. The molecular weight excluding hydrogens is 232 g/mol. The second kappa shape index (κ2) is 5.72. The molecule has 0 aliphatic carbocycles. The minimum absolute atomic E-state index is 0.128. The highest BCUT2D eigenvalue weighted by Gasteiger charge is 2.15. The molecule has 2 aromatic carbocycles. The third-order valence-corrected chi connectivity index (χ3v) is 4.11. The summed E-state index contributed by atoms with van der Waals surface area (Å²) in [6.07, 6.45) is 4.02. The zero-order chi connectivity index (χ0) is 13.1. The van der Waals surface area contributed by atoms with Crippen LogP contribution in [0.4, 0.5) is 0 Å². The van der Waals surface area contributed by atoms with E-state index in [2.05, 4.69) is 47.4 Å². The standard InChI is InChI=1S/C17H22N2/c18-17(13-19-10-4-1-5-11-19)16-9-8-14-6-2-3-7-15(14)12-16/h2-3,6-9,12,17H,1,4-5,10-11,13,18H2/t17-/m0/s1. The summed E-state index contributed by atoms with van der Waals surface area (Å²) in [5.74, 6) is 0. The summed E-state index contributed by atoms with van der Waals surface area (Å²) in [5.41, 5.74) is 7.63. The van der Waals surface area contributed by atoms with Crippen LogP contribution in [0.3, 0.4) is 0 Å². The van der Waals surface area contributed by atoms with E-state index in [1.807, 2.05) is 0 Å². The first-order chi connectivity index (χ1) is 9.33. The molecule has 1 aliphatic rings. The van der Waals surface area contributed by atoms with Crippen LogP contribution in [0.1, 0.15) is 30.9 Å². The predicted octanol–water partition coefficient (Wildman–Crippen LogP) is 3.33. The van der Waals surface area contributed by atoms with Crippen molar-refractivity contribution in [3.8, 4) is 0 Å². The van der Waals surface area contributed by atoms with Gasteiger partial charge in [0.2, 0.25) is 0 Å². The largest absolute Gasteiger partial charge is 0.323 e. The molecule has 3 rings (SSSR count). The Morgan fingerprint density at radius 3 is 2.47 bits per heavy atom. The molecule has 2 nitrogen and oxygen atoms in total. The van der Waals surface area contributed by atoms with E-state index in [1.54, 1.807) is 0 Å². The summed E-state index contributed by atoms with van der Waals surface area (Å²) in [5, 5.41) is 2.57. The second-order valence-electron chi connectivity index (χ2n) is 5.57. The number of likely N-dealkylation sites (tertiary alicyclic amines) is 1. The van der Waals surface area contributed by atoms with Gasteiger partial charge >= 0.3 is 0 Å². The Hall–Kier alpha value is -1.38. The van der Waals surface area contributed by atoms with Crippen molar-refractivity contribution in [1.82, 2.24) is 4.90 Å². The van der Waals surface area contributed by atoms with Crippen molar-refractivity contribution in [2.75, 3.05) is 19.6 Å². The summed E-state index contributed by atoms with van der Waals surface area (Å²) in [7, 11) is 0. The van der Waals surface area contributed by atoms with Crippen LogP contribution in [-0.2, 0) is 0 Å². The molecule has 2 N–H and O–H groups in total. The lowest BCUT2D eigenvalue weighted by molar-refractivity contribution is 0.216. The van der Waals surface area contributed by atoms with E-state index in [-0.39, 0.29) is 6.04 Å². The molecule has 1 fully saturated rings. The molecule has 0 bridgehead atoms. The highest BCUT2D eigenvalue weighted by molar-refractivity contribution is 5.83. The van der Waals surface area contributed by atoms with Crippen LogP contribution in [0.15, 0.2) is 42.5 Å². The summed E-state index contributed by atoms with van der Waals surface area (Å²) < 4.78 is 0. The number of hydrogen-bond donors (Lipinski definition) is 1. The molecule has 19 heavy (non-hydrogen) atoms. The molecule has 1 heterocycles. The van der Waals surface area contributed by atoms with Crippen LogP contribution >= 0.6 is 0 Å². The summed E-state index contributed by atoms with van der Waals surface area (Å²) >= 11 is 0. The lowest BCUT2D eigenvalue weighted by Gasteiger charge is -2.29. The van der Waals surface area contributed by atoms with Gasteiger partial charge in [0, 0.05) is 12.6 Å². The number of hydrogen-bond acceptors (Lipinski definition) is 2. The maximum Gasteiger partial charge on any atom is 0.0424 e. The van der Waals surface area contributed by atoms with Gasteiger partial charge < -0.3 is 10.6 Å². The Bertz CT molecular complexity index is 544. The van der Waals surface area contributed by atoms with E-state index >= 15 is 0 Å². The highest BCUT2D eigenvalue weighted by Crippen LogP contribution is 2.21. The monoisotopic (exact) mass is 254 g/mol. The lowest BCUT2D eigenvalue weighted by atomic mass is 10.0. The van der Waals surface area contributed by atoms with Gasteiger partial charge in [0.15, 0.2) is 0 Å². The molecule has 0 radical (unpaired) electrons. The van der Waals surface area contributed by atoms with Gasteiger partial charge in [0.1, 0.15) is 0 Å². The molecule has 0 spiro atoms. The number of fused-ring (bicyclic) bond motifs is 1. The van der Waals surface area contributed by atoms with Crippen molar-refractivity contribution in [3.05, 3.63) is 48.0 Å². The maximum absolute atomic E-state index is 6.38. The zero-order valence-corrected chi connectivity index (χ0v) is 11.4. The Balaban J connectivity index is 1.75. The van der Waals surface area contributed by atoms with E-state index in [0.717, 1.165) is 6.54 Å². The minimum Gasteiger partial charge on any atom is -0.323 e. The van der Waals surface area contributed by atoms with Crippen LogP contribution in [-0.4, -0.2) is 24.5 Å². The third kappa shape index (κ3) is 2.96. The smallest absolute Gasteiger partial charge is 0.0424 e. The number of rotatable bonds is 3. The number of benzene rings is 2. The molecule has 1 aliphatic heterocycles. The molecule has 0 unspecified atom stereocenters. The van der Waals surface area contributed by atoms with E-state index in [1.165, 1.54) is 48.7 Å². The van der Waals surface area contributed by atoms with Crippen LogP contribution in [0.25, 0.3) is 10.8 Å². The first kappa shape index (κ1) is 12.6. The molecule has 0 aromatic heterocycles. The molecule has 100 valence electrons. The van der Waals surface area contributed by atoms with Crippen molar-refractivity contribution in [2.24, 2.45) is 5.73 Å². The van der Waals surface area contributed by atoms with E-state index < -0.39 is 0 Å². The van der Waals surface area contributed by atoms with Gasteiger partial charge in [-0.05, 0) is 48.3 Å². The van der Waals surface area contributed by atoms with Gasteiger partial charge in [-0.1, -0.05) is 42.8 Å². The van der Waals surface area contributed by atoms with Crippen molar-refractivity contribution in [2.45, 2.75) is 25.3 Å². The Morgan fingerprint density at radius 2 is 1.68 bits per heavy atom. The van der Waals surface area contributed by atoms with Gasteiger partial charge in [-0.3, -0.25) is 0 Å². The number of piperidine rings is 1. The van der Waals surface area contributed by atoms with Crippen molar-refractivity contribution in [1.29, 1.82) is 0 Å². The van der Waals surface area contributed by atoms with Crippen molar-refractivity contribution >= 4 is 10.8 Å². The Kier molecular flexibility index (Phi) is 3.81. The topological polar surface area (TPSA) is 29.3 Å². The number of nitrogens with two attached hydrogens (primary N) is 1. The quantitative estimate of drug-likeness (QED) is 0.910. The summed E-state index contributed by atoms with van der Waals surface area (Å²) in [6.45, 7) is 3.40. The van der Waals surface area contributed by atoms with Crippen LogP contribution < -0.4 is 5.73 Å². The summed E-state index contributed by atoms with van der Waals surface area (Å²) in [6, 6.07) is 15.2. The third-order valence-electron chi connectivity index (χ3n) is 4.11. The minimum atomic E-state index is 0.128. The van der Waals surface area contributed by atoms with E-state index in [4.69, 9.17) is 5.73 Å². The first-order valence-electron chi connectivity index (χ1n) is 7.29. The first-order valence-corrected chi connectivity index (χ1v) is 7.29. The molecule has 1 atom stereocenters. The fourth-order valence-corrected chi connectivity index (χ4v) is 2.96. The van der Waals surface area contributed by atoms with Crippen LogP contribution in [0.5, 0.6) is 0 Å². The van der Waals surface area contributed by atoms with Crippen molar-refractivity contribution in [3.63, 3.8) is 0 Å². The van der Waals surface area contributed by atoms with Crippen molar-refractivity contribution < 1.29 is 0 Å². The van der Waals surface area contributed by atoms with E-state index in [0.29, 0.717) is 0 Å².